The molecule has 3 aromatic heterocycles. The molecule has 0 aromatic carbocycles. The lowest BCUT2D eigenvalue weighted by Gasteiger charge is -2.18. The van der Waals surface area contributed by atoms with E-state index in [4.69, 9.17) is 4.74 Å². The van der Waals surface area contributed by atoms with E-state index in [1.165, 1.54) is 0 Å². The third-order valence-electron chi connectivity index (χ3n) is 6.40. The Morgan fingerprint density at radius 2 is 2.06 bits per heavy atom. The predicted octanol–water partition coefficient (Wildman–Crippen LogP) is 3.32. The van der Waals surface area contributed by atoms with Crippen LogP contribution in [0.2, 0.25) is 0 Å². The summed E-state index contributed by atoms with van der Waals surface area (Å²) >= 11 is 0. The Morgan fingerprint density at radius 3 is 2.77 bits per heavy atom. The van der Waals surface area contributed by atoms with Crippen molar-refractivity contribution in [2.24, 2.45) is 0 Å². The smallest absolute Gasteiger partial charge is 0.227 e. The first-order valence-electron chi connectivity index (χ1n) is 11.7. The molecule has 5 rings (SSSR count). The second kappa shape index (κ2) is 10.3. The van der Waals surface area contributed by atoms with Crippen molar-refractivity contribution >= 4 is 17.5 Å². The Hall–Kier alpha value is -3.68. The fourth-order valence-corrected chi connectivity index (χ4v) is 4.50. The van der Waals surface area contributed by atoms with Crippen molar-refractivity contribution in [1.29, 1.82) is 5.26 Å². The van der Waals surface area contributed by atoms with E-state index in [2.05, 4.69) is 36.2 Å². The minimum Gasteiger partial charge on any atom is -0.380 e. The summed E-state index contributed by atoms with van der Waals surface area (Å²) in [4.78, 5) is 22.1. The van der Waals surface area contributed by atoms with Gasteiger partial charge >= 0.3 is 0 Å². The maximum absolute atomic E-state index is 13.6. The summed E-state index contributed by atoms with van der Waals surface area (Å²) in [6, 6.07) is 9.64. The van der Waals surface area contributed by atoms with E-state index in [1.54, 1.807) is 37.8 Å². The molecule has 10 heteroatoms. The number of nitrogens with one attached hydrogen (secondary N) is 1. The van der Waals surface area contributed by atoms with Crippen molar-refractivity contribution in [1.82, 2.24) is 24.8 Å². The van der Waals surface area contributed by atoms with Crippen LogP contribution in [-0.4, -0.2) is 70.4 Å². The van der Waals surface area contributed by atoms with Gasteiger partial charge in [0.25, 0.3) is 0 Å². The molecule has 3 aromatic rings. The van der Waals surface area contributed by atoms with Crippen LogP contribution in [0.5, 0.6) is 0 Å². The van der Waals surface area contributed by atoms with Crippen LogP contribution in [0.4, 0.5) is 21.8 Å². The highest BCUT2D eigenvalue weighted by molar-refractivity contribution is 5.67. The normalized spacial score (nSPS) is 20.2. The highest BCUT2D eigenvalue weighted by atomic mass is 19.1. The summed E-state index contributed by atoms with van der Waals surface area (Å²) in [5, 5.41) is 12.8. The van der Waals surface area contributed by atoms with Gasteiger partial charge in [-0.05, 0) is 37.1 Å². The first kappa shape index (κ1) is 23.1. The molecule has 2 aliphatic rings. The fourth-order valence-electron chi connectivity index (χ4n) is 4.50. The van der Waals surface area contributed by atoms with E-state index in [0.717, 1.165) is 37.4 Å². The van der Waals surface area contributed by atoms with Gasteiger partial charge in [0, 0.05) is 51.2 Å². The molecule has 2 saturated heterocycles. The van der Waals surface area contributed by atoms with Gasteiger partial charge in [-0.1, -0.05) is 0 Å². The van der Waals surface area contributed by atoms with Gasteiger partial charge in [0.15, 0.2) is 0 Å². The molecule has 0 amide bonds. The number of halogens is 1. The quantitative estimate of drug-likeness (QED) is 0.552. The molecule has 2 unspecified atom stereocenters. The molecule has 9 nitrogen and oxygen atoms in total. The molecule has 0 radical (unpaired) electrons. The lowest BCUT2D eigenvalue weighted by molar-refractivity contribution is 0.107. The lowest BCUT2D eigenvalue weighted by atomic mass is 10.1. The summed E-state index contributed by atoms with van der Waals surface area (Å²) in [5.74, 6) is 0.934. The van der Waals surface area contributed by atoms with Crippen molar-refractivity contribution in [3.05, 3.63) is 54.1 Å². The number of pyridine rings is 2. The molecule has 0 bridgehead atoms. The second-order valence-electron chi connectivity index (χ2n) is 8.85. The number of anilines is 3. The Balaban J connectivity index is 1.27. The van der Waals surface area contributed by atoms with E-state index in [0.29, 0.717) is 47.7 Å². The molecule has 2 fully saturated rings. The number of aromatic nitrogens is 4. The van der Waals surface area contributed by atoms with Crippen LogP contribution in [0.3, 0.4) is 0 Å². The minimum atomic E-state index is -0.884. The Labute approximate surface area is 203 Å². The number of ether oxygens (including phenoxy) is 1. The Morgan fingerprint density at radius 1 is 1.14 bits per heavy atom. The maximum atomic E-state index is 13.6. The number of hydrogen-bond donors (Lipinski definition) is 1. The number of rotatable bonds is 7. The number of alkyl halides is 1. The molecule has 0 saturated carbocycles. The first-order chi connectivity index (χ1) is 17.1. The van der Waals surface area contributed by atoms with Crippen molar-refractivity contribution in [3.8, 4) is 17.3 Å². The van der Waals surface area contributed by atoms with E-state index < -0.39 is 6.17 Å². The van der Waals surface area contributed by atoms with Gasteiger partial charge < -0.3 is 15.0 Å². The Bertz CT molecular complexity index is 1210. The largest absolute Gasteiger partial charge is 0.380 e. The maximum Gasteiger partial charge on any atom is 0.227 e. The second-order valence-corrected chi connectivity index (χ2v) is 8.85. The molecular weight excluding hydrogens is 447 g/mol. The van der Waals surface area contributed by atoms with Crippen LogP contribution in [0.25, 0.3) is 11.3 Å². The van der Waals surface area contributed by atoms with Crippen molar-refractivity contribution in [3.63, 3.8) is 0 Å². The van der Waals surface area contributed by atoms with Gasteiger partial charge in [0.05, 0.1) is 41.5 Å². The summed E-state index contributed by atoms with van der Waals surface area (Å²) in [7, 11) is 1.76. The zero-order chi connectivity index (χ0) is 24.2. The van der Waals surface area contributed by atoms with Gasteiger partial charge in [0.1, 0.15) is 18.1 Å². The van der Waals surface area contributed by atoms with Gasteiger partial charge in [0.2, 0.25) is 5.95 Å². The van der Waals surface area contributed by atoms with Crippen molar-refractivity contribution in [2.75, 3.05) is 43.5 Å². The Kier molecular flexibility index (Phi) is 6.79. The fraction of sp³-hybridized carbons (Fsp3) is 0.400. The highest BCUT2D eigenvalue weighted by Crippen LogP contribution is 2.27. The molecule has 0 spiro atoms. The monoisotopic (exact) mass is 474 g/mol. The molecule has 35 heavy (non-hydrogen) atoms. The van der Waals surface area contributed by atoms with Crippen LogP contribution < -0.4 is 10.2 Å². The van der Waals surface area contributed by atoms with Gasteiger partial charge in [-0.25, -0.2) is 19.3 Å². The number of nitrogens with zero attached hydrogens (tertiary/aromatic N) is 7. The number of nitriles is 1. The third kappa shape index (κ3) is 5.37. The van der Waals surface area contributed by atoms with Gasteiger partial charge in [-0.15, -0.1) is 0 Å². The molecular formula is C25H27FN8O. The van der Waals surface area contributed by atoms with Crippen molar-refractivity contribution in [2.45, 2.75) is 31.7 Å². The predicted molar refractivity (Wildman–Crippen MR) is 130 cm³/mol. The van der Waals surface area contributed by atoms with E-state index in [1.807, 2.05) is 17.0 Å². The van der Waals surface area contributed by atoms with Crippen LogP contribution >= 0.6 is 0 Å². The van der Waals surface area contributed by atoms with Crippen LogP contribution in [0.15, 0.2) is 42.9 Å². The van der Waals surface area contributed by atoms with E-state index in [9.17, 15) is 9.65 Å². The average molecular weight is 475 g/mol. The average Bonchev–Trinajstić information content (AvgIpc) is 3.53. The standard InChI is InChI=1S/C25H27FN8O/c1-35-22-6-8-33(16-22)15-21-3-2-20(13-29-21)31-25-28-7-4-23(32-25)18-10-17(11-27)24(30-12-18)34-9-5-19(26)14-34/h2-4,7,10,12-13,19,22H,5-6,8-9,14-16H2,1H3,(H,28,31,32). The number of hydrogen-bond acceptors (Lipinski definition) is 9. The van der Waals surface area contributed by atoms with Crippen LogP contribution in [0, 0.1) is 11.3 Å². The molecule has 2 aliphatic heterocycles. The summed E-state index contributed by atoms with van der Waals surface area (Å²) in [5.41, 5.74) is 3.51. The van der Waals surface area contributed by atoms with E-state index >= 15 is 0 Å². The summed E-state index contributed by atoms with van der Waals surface area (Å²) in [6.07, 6.45) is 6.01. The zero-order valence-electron chi connectivity index (χ0n) is 19.6. The van der Waals surface area contributed by atoms with Crippen LogP contribution in [-0.2, 0) is 11.3 Å². The van der Waals surface area contributed by atoms with E-state index in [-0.39, 0.29) is 6.54 Å². The topological polar surface area (TPSA) is 103 Å². The minimum absolute atomic E-state index is 0.265. The molecule has 180 valence electrons. The molecule has 1 N–H and O–H groups in total. The van der Waals surface area contributed by atoms with Gasteiger partial charge in [-0.3, -0.25) is 9.88 Å². The van der Waals surface area contributed by atoms with Gasteiger partial charge in [-0.2, -0.15) is 5.26 Å². The number of likely N-dealkylation sites (tertiary alicyclic amines) is 1. The highest BCUT2D eigenvalue weighted by Gasteiger charge is 2.25. The van der Waals surface area contributed by atoms with Crippen molar-refractivity contribution < 1.29 is 9.13 Å². The first-order valence-corrected chi connectivity index (χ1v) is 11.7. The third-order valence-corrected chi connectivity index (χ3v) is 6.40. The summed E-state index contributed by atoms with van der Waals surface area (Å²) in [6.45, 7) is 3.55. The lowest BCUT2D eigenvalue weighted by Crippen LogP contribution is -2.22. The van der Waals surface area contributed by atoms with Crippen LogP contribution in [0.1, 0.15) is 24.1 Å². The zero-order valence-corrected chi connectivity index (χ0v) is 19.6. The SMILES string of the molecule is COC1CCN(Cc2ccc(Nc3nccc(-c4cnc(N5CCC(F)C5)c(C#N)c4)n3)cn2)C1. The molecule has 5 heterocycles. The summed E-state index contributed by atoms with van der Waals surface area (Å²) < 4.78 is 19.0. The molecule has 0 aliphatic carbocycles. The molecule has 2 atom stereocenters. The number of methoxy groups -OCH3 is 1.